The van der Waals surface area contributed by atoms with E-state index in [1.807, 2.05) is 6.08 Å². The standard InChI is InChI=1S/C13H20Si/c1-5-12-8-7-10(3)11(4)13(12)9-14-6-2/h5,7-8H,1,6,9,14H2,2-4H3. The fraction of sp³-hybridized carbons (Fsp3) is 0.385. The summed E-state index contributed by atoms with van der Waals surface area (Å²) in [6, 6.07) is 7.12. The molecule has 0 radical (unpaired) electrons. The molecule has 0 saturated heterocycles. The molecule has 0 fully saturated rings. The summed E-state index contributed by atoms with van der Waals surface area (Å²) in [7, 11) is 0.108. The summed E-state index contributed by atoms with van der Waals surface area (Å²) in [5.41, 5.74) is 5.78. The van der Waals surface area contributed by atoms with Crippen molar-refractivity contribution in [3.8, 4) is 0 Å². The lowest BCUT2D eigenvalue weighted by Crippen LogP contribution is -2.01. The van der Waals surface area contributed by atoms with Crippen LogP contribution < -0.4 is 0 Å². The van der Waals surface area contributed by atoms with E-state index in [-0.39, 0.29) is 9.52 Å². The van der Waals surface area contributed by atoms with Crippen molar-refractivity contribution in [2.24, 2.45) is 0 Å². The van der Waals surface area contributed by atoms with Gasteiger partial charge in [-0.1, -0.05) is 37.8 Å². The van der Waals surface area contributed by atoms with Crippen LogP contribution >= 0.6 is 0 Å². The number of aryl methyl sites for hydroxylation is 1. The van der Waals surface area contributed by atoms with E-state index in [4.69, 9.17) is 0 Å². The average Bonchev–Trinajstić information content (AvgIpc) is 2.20. The third-order valence-corrected chi connectivity index (χ3v) is 4.47. The molecule has 76 valence electrons. The summed E-state index contributed by atoms with van der Waals surface area (Å²) >= 11 is 0. The van der Waals surface area contributed by atoms with Crippen LogP contribution in [-0.2, 0) is 6.04 Å². The highest BCUT2D eigenvalue weighted by molar-refractivity contribution is 6.34. The summed E-state index contributed by atoms with van der Waals surface area (Å²) in [6.45, 7) is 10.6. The third-order valence-electron chi connectivity index (χ3n) is 2.91. The van der Waals surface area contributed by atoms with Crippen LogP contribution in [0.4, 0.5) is 0 Å². The Morgan fingerprint density at radius 1 is 1.36 bits per heavy atom. The van der Waals surface area contributed by atoms with E-state index in [0.717, 1.165) is 0 Å². The van der Waals surface area contributed by atoms with Crippen molar-refractivity contribution in [2.75, 3.05) is 0 Å². The Morgan fingerprint density at radius 3 is 2.64 bits per heavy atom. The molecule has 0 aliphatic heterocycles. The Hall–Kier alpha value is -0.823. The first-order valence-electron chi connectivity index (χ1n) is 5.42. The first-order chi connectivity index (χ1) is 6.70. The summed E-state index contributed by atoms with van der Waals surface area (Å²) < 4.78 is 0. The quantitative estimate of drug-likeness (QED) is 0.661. The zero-order valence-electron chi connectivity index (χ0n) is 9.56. The lowest BCUT2D eigenvalue weighted by molar-refractivity contribution is 1.21. The van der Waals surface area contributed by atoms with Gasteiger partial charge in [0, 0.05) is 9.52 Å². The van der Waals surface area contributed by atoms with Crippen molar-refractivity contribution in [2.45, 2.75) is 32.9 Å². The van der Waals surface area contributed by atoms with E-state index in [0.29, 0.717) is 0 Å². The Balaban J connectivity index is 3.07. The van der Waals surface area contributed by atoms with Gasteiger partial charge in [-0.3, -0.25) is 0 Å². The summed E-state index contributed by atoms with van der Waals surface area (Å²) in [5.74, 6) is 0. The van der Waals surface area contributed by atoms with Gasteiger partial charge in [-0.15, -0.1) is 0 Å². The first kappa shape index (κ1) is 11.3. The van der Waals surface area contributed by atoms with Gasteiger partial charge in [-0.05, 0) is 42.1 Å². The highest BCUT2D eigenvalue weighted by Gasteiger charge is 2.04. The zero-order valence-corrected chi connectivity index (χ0v) is 11.0. The third kappa shape index (κ3) is 2.35. The van der Waals surface area contributed by atoms with E-state index in [1.54, 1.807) is 5.56 Å². The molecular formula is C13H20Si. The van der Waals surface area contributed by atoms with Gasteiger partial charge in [0.2, 0.25) is 0 Å². The van der Waals surface area contributed by atoms with Crippen LogP contribution in [0.3, 0.4) is 0 Å². The second kappa shape index (κ2) is 5.16. The van der Waals surface area contributed by atoms with E-state index in [1.165, 1.54) is 28.8 Å². The van der Waals surface area contributed by atoms with Gasteiger partial charge in [-0.2, -0.15) is 0 Å². The fourth-order valence-corrected chi connectivity index (χ4v) is 3.14. The number of hydrogen-bond donors (Lipinski definition) is 0. The number of benzene rings is 1. The number of rotatable bonds is 4. The minimum atomic E-state index is 0.108. The first-order valence-corrected chi connectivity index (χ1v) is 7.42. The molecule has 0 aliphatic rings. The largest absolute Gasteiger partial charge is 0.0985 e. The predicted octanol–water partition coefficient (Wildman–Crippen LogP) is 3.05. The maximum atomic E-state index is 3.89. The molecule has 0 atom stereocenters. The molecule has 1 rings (SSSR count). The van der Waals surface area contributed by atoms with Crippen LogP contribution in [-0.4, -0.2) is 9.52 Å². The average molecular weight is 204 g/mol. The molecular weight excluding hydrogens is 184 g/mol. The van der Waals surface area contributed by atoms with Crippen LogP contribution in [0.2, 0.25) is 6.04 Å². The maximum Gasteiger partial charge on any atom is 0.0245 e. The molecule has 14 heavy (non-hydrogen) atoms. The fourth-order valence-electron chi connectivity index (χ4n) is 1.77. The molecule has 1 aromatic carbocycles. The molecule has 0 heterocycles. The van der Waals surface area contributed by atoms with Crippen molar-refractivity contribution in [3.05, 3.63) is 41.0 Å². The molecule has 0 bridgehead atoms. The Kier molecular flexibility index (Phi) is 4.14. The lowest BCUT2D eigenvalue weighted by Gasteiger charge is -2.11. The number of hydrogen-bond acceptors (Lipinski definition) is 0. The molecule has 0 amide bonds. The van der Waals surface area contributed by atoms with Crippen molar-refractivity contribution < 1.29 is 0 Å². The van der Waals surface area contributed by atoms with Crippen LogP contribution in [0.25, 0.3) is 6.08 Å². The molecule has 0 spiro atoms. The van der Waals surface area contributed by atoms with E-state index < -0.39 is 0 Å². The zero-order chi connectivity index (χ0) is 10.6. The maximum absolute atomic E-state index is 3.89. The van der Waals surface area contributed by atoms with Crippen molar-refractivity contribution in [1.82, 2.24) is 0 Å². The van der Waals surface area contributed by atoms with Gasteiger partial charge < -0.3 is 0 Å². The molecule has 0 nitrogen and oxygen atoms in total. The smallest absolute Gasteiger partial charge is 0.0245 e. The van der Waals surface area contributed by atoms with Gasteiger partial charge >= 0.3 is 0 Å². The highest BCUT2D eigenvalue weighted by atomic mass is 28.2. The summed E-state index contributed by atoms with van der Waals surface area (Å²) in [6.07, 6.45) is 1.99. The monoisotopic (exact) mass is 204 g/mol. The summed E-state index contributed by atoms with van der Waals surface area (Å²) in [4.78, 5) is 0. The van der Waals surface area contributed by atoms with Crippen molar-refractivity contribution in [3.63, 3.8) is 0 Å². The Morgan fingerprint density at radius 2 is 2.07 bits per heavy atom. The summed E-state index contributed by atoms with van der Waals surface area (Å²) in [5, 5.41) is 0. The van der Waals surface area contributed by atoms with Gasteiger partial charge in [-0.25, -0.2) is 0 Å². The van der Waals surface area contributed by atoms with Crippen LogP contribution in [0, 0.1) is 13.8 Å². The minimum absolute atomic E-state index is 0.108. The molecule has 0 unspecified atom stereocenters. The molecule has 0 aliphatic carbocycles. The van der Waals surface area contributed by atoms with Gasteiger partial charge in [0.05, 0.1) is 0 Å². The van der Waals surface area contributed by atoms with E-state index in [9.17, 15) is 0 Å². The van der Waals surface area contributed by atoms with Crippen LogP contribution in [0.5, 0.6) is 0 Å². The molecule has 0 aromatic heterocycles. The molecule has 1 heteroatoms. The van der Waals surface area contributed by atoms with Crippen molar-refractivity contribution in [1.29, 1.82) is 0 Å². The van der Waals surface area contributed by atoms with E-state index >= 15 is 0 Å². The second-order valence-corrected chi connectivity index (χ2v) is 6.09. The predicted molar refractivity (Wildman–Crippen MR) is 68.7 cm³/mol. The highest BCUT2D eigenvalue weighted by Crippen LogP contribution is 2.19. The SMILES string of the molecule is C=Cc1ccc(C)c(C)c1C[SiH2]CC. The van der Waals surface area contributed by atoms with Gasteiger partial charge in [0.15, 0.2) is 0 Å². The normalized spacial score (nSPS) is 11.1. The second-order valence-electron chi connectivity index (χ2n) is 3.88. The van der Waals surface area contributed by atoms with Crippen LogP contribution in [0.1, 0.15) is 29.2 Å². The molecule has 0 saturated carbocycles. The van der Waals surface area contributed by atoms with Gasteiger partial charge in [0.25, 0.3) is 0 Å². The van der Waals surface area contributed by atoms with Gasteiger partial charge in [0.1, 0.15) is 0 Å². The Bertz CT molecular complexity index is 326. The van der Waals surface area contributed by atoms with Crippen molar-refractivity contribution >= 4 is 15.6 Å². The minimum Gasteiger partial charge on any atom is -0.0985 e. The van der Waals surface area contributed by atoms with E-state index in [2.05, 4.69) is 39.5 Å². The molecule has 1 aromatic rings. The Labute approximate surface area is 89.9 Å². The lowest BCUT2D eigenvalue weighted by atomic mass is 9.99. The molecule has 0 N–H and O–H groups in total. The van der Waals surface area contributed by atoms with Crippen LogP contribution in [0.15, 0.2) is 18.7 Å². The topological polar surface area (TPSA) is 0 Å².